The predicted octanol–water partition coefficient (Wildman–Crippen LogP) is 4.40. The average molecular weight is 439 g/mol. The molecule has 6 nitrogen and oxygen atoms in total. The molecule has 0 aliphatic carbocycles. The van der Waals surface area contributed by atoms with E-state index in [0.29, 0.717) is 12.0 Å². The molecule has 1 aromatic carbocycles. The van der Waals surface area contributed by atoms with Crippen molar-refractivity contribution in [2.75, 3.05) is 6.54 Å². The molecule has 1 aliphatic rings. The van der Waals surface area contributed by atoms with Crippen LogP contribution in [-0.2, 0) is 13.5 Å². The number of rotatable bonds is 5. The van der Waals surface area contributed by atoms with Gasteiger partial charge in [0.15, 0.2) is 0 Å². The first-order valence-corrected chi connectivity index (χ1v) is 11.9. The topological polar surface area (TPSA) is 67.2 Å². The molecule has 0 radical (unpaired) electrons. The molecule has 1 atom stereocenters. The van der Waals surface area contributed by atoms with Crippen LogP contribution >= 0.6 is 11.3 Å². The third kappa shape index (κ3) is 4.66. The van der Waals surface area contributed by atoms with Crippen molar-refractivity contribution in [1.82, 2.24) is 20.0 Å². The number of aromatic nitrogens is 2. The molecule has 1 aliphatic heterocycles. The summed E-state index contributed by atoms with van der Waals surface area (Å²) in [7, 11) is 1.83. The van der Waals surface area contributed by atoms with E-state index >= 15 is 0 Å². The first-order chi connectivity index (χ1) is 14.9. The molecule has 0 bridgehead atoms. The number of hydrogen-bond acceptors (Lipinski definition) is 4. The first-order valence-electron chi connectivity index (χ1n) is 11.0. The van der Waals surface area contributed by atoms with Gasteiger partial charge < -0.3 is 10.2 Å². The van der Waals surface area contributed by atoms with E-state index in [-0.39, 0.29) is 23.9 Å². The van der Waals surface area contributed by atoms with Crippen LogP contribution < -0.4 is 5.32 Å². The van der Waals surface area contributed by atoms with E-state index in [0.717, 1.165) is 52.8 Å². The van der Waals surface area contributed by atoms with Crippen LogP contribution in [0.1, 0.15) is 65.1 Å². The van der Waals surface area contributed by atoms with Gasteiger partial charge in [-0.1, -0.05) is 31.0 Å². The van der Waals surface area contributed by atoms with Crippen molar-refractivity contribution in [3.05, 3.63) is 52.7 Å². The van der Waals surface area contributed by atoms with Gasteiger partial charge in [-0.25, -0.2) is 0 Å². The van der Waals surface area contributed by atoms with Gasteiger partial charge in [0, 0.05) is 36.6 Å². The molecular formula is C24H30N4O2S. The van der Waals surface area contributed by atoms with E-state index in [2.05, 4.69) is 22.5 Å². The third-order valence-electron chi connectivity index (χ3n) is 5.85. The summed E-state index contributed by atoms with van der Waals surface area (Å²) in [6.45, 7) is 4.70. The number of carbonyl (C=O) groups is 2. The molecule has 164 valence electrons. The van der Waals surface area contributed by atoms with Gasteiger partial charge in [0.05, 0.1) is 16.6 Å². The number of hydrogen-bond donors (Lipinski definition) is 1. The number of fused-ring (bicyclic) bond motifs is 1. The fourth-order valence-electron chi connectivity index (χ4n) is 4.40. The Labute approximate surface area is 187 Å². The maximum Gasteiger partial charge on any atom is 0.261 e. The minimum absolute atomic E-state index is 0.0232. The highest BCUT2D eigenvalue weighted by Crippen LogP contribution is 2.34. The standard InChI is InChI=1S/C24H30N4O2S/c1-16(2)26-23(29)22-20(19-10-6-7-11-21(19)31-22)13-18-9-5-4-8-12-28(18)24(30)17-14-25-27(3)15-17/h6-7,10-11,14-16,18H,4-5,8-9,12-13H2,1-3H3,(H,26,29)/t18-/m1/s1. The molecule has 0 spiro atoms. The zero-order valence-electron chi connectivity index (χ0n) is 18.4. The summed E-state index contributed by atoms with van der Waals surface area (Å²) in [5.74, 6) is 0.0117. The Balaban J connectivity index is 1.69. The fraction of sp³-hybridized carbons (Fsp3) is 0.458. The molecule has 2 amide bonds. The van der Waals surface area contributed by atoms with Crippen LogP contribution in [0.25, 0.3) is 10.1 Å². The normalized spacial score (nSPS) is 17.2. The summed E-state index contributed by atoms with van der Waals surface area (Å²) >= 11 is 1.55. The van der Waals surface area contributed by atoms with E-state index < -0.39 is 0 Å². The Bertz CT molecular complexity index is 1080. The molecule has 31 heavy (non-hydrogen) atoms. The van der Waals surface area contributed by atoms with Crippen LogP contribution in [0.2, 0.25) is 0 Å². The number of amides is 2. The zero-order chi connectivity index (χ0) is 22.0. The van der Waals surface area contributed by atoms with Crippen LogP contribution in [0.3, 0.4) is 0 Å². The summed E-state index contributed by atoms with van der Waals surface area (Å²) < 4.78 is 2.78. The molecule has 1 fully saturated rings. The largest absolute Gasteiger partial charge is 0.349 e. The van der Waals surface area contributed by atoms with Crippen molar-refractivity contribution in [3.8, 4) is 0 Å². The number of benzene rings is 1. The molecule has 0 unspecified atom stereocenters. The predicted molar refractivity (Wildman–Crippen MR) is 125 cm³/mol. The van der Waals surface area contributed by atoms with E-state index in [1.54, 1.807) is 28.4 Å². The summed E-state index contributed by atoms with van der Waals surface area (Å²) in [6, 6.07) is 8.34. The van der Waals surface area contributed by atoms with Gasteiger partial charge in [-0.2, -0.15) is 5.10 Å². The molecule has 3 heterocycles. The molecule has 2 aromatic heterocycles. The Morgan fingerprint density at radius 2 is 2.03 bits per heavy atom. The molecule has 0 saturated carbocycles. The lowest BCUT2D eigenvalue weighted by Gasteiger charge is -2.30. The minimum atomic E-state index is -0.0232. The van der Waals surface area contributed by atoms with Crippen molar-refractivity contribution in [2.45, 2.75) is 58.0 Å². The van der Waals surface area contributed by atoms with Crippen molar-refractivity contribution >= 4 is 33.2 Å². The lowest BCUT2D eigenvalue weighted by molar-refractivity contribution is 0.0682. The van der Waals surface area contributed by atoms with Crippen molar-refractivity contribution in [1.29, 1.82) is 0 Å². The Hall–Kier alpha value is -2.67. The molecular weight excluding hydrogens is 408 g/mol. The number of likely N-dealkylation sites (tertiary alicyclic amines) is 1. The fourth-order valence-corrected chi connectivity index (χ4v) is 5.54. The highest BCUT2D eigenvalue weighted by atomic mass is 32.1. The maximum atomic E-state index is 13.3. The summed E-state index contributed by atoms with van der Waals surface area (Å²) in [4.78, 5) is 29.1. The number of thiophene rings is 1. The highest BCUT2D eigenvalue weighted by Gasteiger charge is 2.30. The van der Waals surface area contributed by atoms with Gasteiger partial charge in [-0.3, -0.25) is 14.3 Å². The van der Waals surface area contributed by atoms with Gasteiger partial charge in [-0.05, 0) is 50.1 Å². The average Bonchev–Trinajstić information content (AvgIpc) is 3.24. The Morgan fingerprint density at radius 3 is 2.77 bits per heavy atom. The number of aryl methyl sites for hydroxylation is 1. The Morgan fingerprint density at radius 1 is 1.23 bits per heavy atom. The highest BCUT2D eigenvalue weighted by molar-refractivity contribution is 7.21. The van der Waals surface area contributed by atoms with Crippen LogP contribution in [0.15, 0.2) is 36.7 Å². The number of carbonyl (C=O) groups excluding carboxylic acids is 2. The Kier molecular flexibility index (Phi) is 6.41. The van der Waals surface area contributed by atoms with Crippen molar-refractivity contribution in [3.63, 3.8) is 0 Å². The lowest BCUT2D eigenvalue weighted by Crippen LogP contribution is -2.41. The summed E-state index contributed by atoms with van der Waals surface area (Å²) in [6.07, 6.45) is 8.29. The van der Waals surface area contributed by atoms with Crippen LogP contribution in [0.5, 0.6) is 0 Å². The van der Waals surface area contributed by atoms with E-state index in [4.69, 9.17) is 0 Å². The van der Waals surface area contributed by atoms with E-state index in [9.17, 15) is 9.59 Å². The smallest absolute Gasteiger partial charge is 0.261 e. The number of nitrogens with zero attached hydrogens (tertiary/aromatic N) is 3. The molecule has 1 N–H and O–H groups in total. The van der Waals surface area contributed by atoms with Crippen LogP contribution in [0, 0.1) is 0 Å². The van der Waals surface area contributed by atoms with Crippen LogP contribution in [0.4, 0.5) is 0 Å². The van der Waals surface area contributed by atoms with Gasteiger partial charge in [-0.15, -0.1) is 11.3 Å². The van der Waals surface area contributed by atoms with Crippen LogP contribution in [-0.4, -0.2) is 45.1 Å². The monoisotopic (exact) mass is 438 g/mol. The van der Waals surface area contributed by atoms with Crippen molar-refractivity contribution < 1.29 is 9.59 Å². The molecule has 7 heteroatoms. The second kappa shape index (κ2) is 9.22. The van der Waals surface area contributed by atoms with E-state index in [1.165, 1.54) is 0 Å². The molecule has 1 saturated heterocycles. The second-order valence-electron chi connectivity index (χ2n) is 8.64. The number of nitrogens with one attached hydrogen (secondary N) is 1. The lowest BCUT2D eigenvalue weighted by atomic mass is 9.97. The van der Waals surface area contributed by atoms with E-state index in [1.807, 2.05) is 37.9 Å². The summed E-state index contributed by atoms with van der Waals surface area (Å²) in [5.41, 5.74) is 1.69. The van der Waals surface area contributed by atoms with Gasteiger partial charge in [0.2, 0.25) is 0 Å². The SMILES string of the molecule is CC(C)NC(=O)c1sc2ccccc2c1C[C@H]1CCCCCN1C(=O)c1cnn(C)c1. The maximum absolute atomic E-state index is 13.3. The van der Waals surface area contributed by atoms with Gasteiger partial charge >= 0.3 is 0 Å². The minimum Gasteiger partial charge on any atom is -0.349 e. The first kappa shape index (κ1) is 21.6. The third-order valence-corrected chi connectivity index (χ3v) is 7.07. The van der Waals surface area contributed by atoms with Crippen molar-refractivity contribution in [2.24, 2.45) is 7.05 Å². The van der Waals surface area contributed by atoms with Gasteiger partial charge in [0.1, 0.15) is 0 Å². The zero-order valence-corrected chi connectivity index (χ0v) is 19.2. The van der Waals surface area contributed by atoms with Gasteiger partial charge in [0.25, 0.3) is 11.8 Å². The summed E-state index contributed by atoms with van der Waals surface area (Å²) in [5, 5.41) is 8.36. The quantitative estimate of drug-likeness (QED) is 0.642. The molecule has 4 rings (SSSR count). The molecule has 3 aromatic rings. The second-order valence-corrected chi connectivity index (χ2v) is 9.69.